The molecule has 2 unspecified atom stereocenters. The number of carbonyl (C=O) groups excluding carboxylic acids is 1. The predicted molar refractivity (Wildman–Crippen MR) is 72.4 cm³/mol. The van der Waals surface area contributed by atoms with Crippen LogP contribution in [0.15, 0.2) is 30.3 Å². The Bertz CT molecular complexity index is 347. The molecule has 1 aromatic carbocycles. The molecular weight excluding hydrogens is 210 g/mol. The van der Waals surface area contributed by atoms with Gasteiger partial charge in [-0.25, -0.2) is 0 Å². The first kappa shape index (κ1) is 13.9. The van der Waals surface area contributed by atoms with E-state index in [2.05, 4.69) is 25.7 Å². The van der Waals surface area contributed by atoms with Crippen molar-refractivity contribution < 1.29 is 4.79 Å². The van der Waals surface area contributed by atoms with Crippen molar-refractivity contribution in [2.24, 2.45) is 0 Å². The maximum atomic E-state index is 12.3. The van der Waals surface area contributed by atoms with Gasteiger partial charge >= 0.3 is 0 Å². The summed E-state index contributed by atoms with van der Waals surface area (Å²) in [7, 11) is 0. The number of hydrogen-bond acceptors (Lipinski definition) is 2. The summed E-state index contributed by atoms with van der Waals surface area (Å²) in [6.07, 6.45) is 1.07. The minimum atomic E-state index is -0.0441. The monoisotopic (exact) mass is 233 g/mol. The quantitative estimate of drug-likeness (QED) is 0.702. The Hall–Kier alpha value is -1.15. The molecular formula is C15H23NO. The van der Waals surface area contributed by atoms with Crippen LogP contribution in [0.2, 0.25) is 0 Å². The third-order valence-corrected chi connectivity index (χ3v) is 3.46. The number of likely N-dealkylation sites (N-methyl/N-ethyl adjacent to an activating group) is 1. The SMILES string of the molecule is CCC(C)N(CC)C(C)C(=O)c1ccccc1. The molecule has 0 bridgehead atoms. The topological polar surface area (TPSA) is 20.3 Å². The normalized spacial score (nSPS) is 14.6. The van der Waals surface area contributed by atoms with Gasteiger partial charge in [0.05, 0.1) is 6.04 Å². The lowest BCUT2D eigenvalue weighted by atomic mass is 10.0. The third kappa shape index (κ3) is 3.40. The van der Waals surface area contributed by atoms with Gasteiger partial charge in [-0.2, -0.15) is 0 Å². The summed E-state index contributed by atoms with van der Waals surface area (Å²) in [5, 5.41) is 0. The van der Waals surface area contributed by atoms with Crippen LogP contribution in [-0.4, -0.2) is 29.3 Å². The van der Waals surface area contributed by atoms with E-state index in [1.807, 2.05) is 37.3 Å². The number of hydrogen-bond donors (Lipinski definition) is 0. The molecule has 1 rings (SSSR count). The van der Waals surface area contributed by atoms with E-state index in [0.29, 0.717) is 6.04 Å². The Labute approximate surface area is 105 Å². The van der Waals surface area contributed by atoms with E-state index in [-0.39, 0.29) is 11.8 Å². The van der Waals surface area contributed by atoms with Gasteiger partial charge in [0.1, 0.15) is 0 Å². The van der Waals surface area contributed by atoms with Crippen molar-refractivity contribution in [3.63, 3.8) is 0 Å². The van der Waals surface area contributed by atoms with E-state index < -0.39 is 0 Å². The van der Waals surface area contributed by atoms with E-state index in [1.54, 1.807) is 0 Å². The molecule has 17 heavy (non-hydrogen) atoms. The highest BCUT2D eigenvalue weighted by Crippen LogP contribution is 2.13. The fraction of sp³-hybridized carbons (Fsp3) is 0.533. The van der Waals surface area contributed by atoms with Crippen LogP contribution in [0.3, 0.4) is 0 Å². The molecule has 0 heterocycles. The van der Waals surface area contributed by atoms with Crippen LogP contribution in [0.5, 0.6) is 0 Å². The first-order chi connectivity index (χ1) is 8.11. The van der Waals surface area contributed by atoms with Crippen LogP contribution in [0.4, 0.5) is 0 Å². The van der Waals surface area contributed by atoms with Gasteiger partial charge in [-0.1, -0.05) is 44.2 Å². The van der Waals surface area contributed by atoms with Crippen molar-refractivity contribution >= 4 is 5.78 Å². The molecule has 0 saturated carbocycles. The molecule has 0 aliphatic heterocycles. The summed E-state index contributed by atoms with van der Waals surface area (Å²) in [6, 6.07) is 9.96. The zero-order chi connectivity index (χ0) is 12.8. The van der Waals surface area contributed by atoms with Gasteiger partial charge in [0.2, 0.25) is 0 Å². The smallest absolute Gasteiger partial charge is 0.179 e. The molecule has 0 aliphatic carbocycles. The largest absolute Gasteiger partial charge is 0.292 e. The van der Waals surface area contributed by atoms with Gasteiger partial charge in [0, 0.05) is 11.6 Å². The summed E-state index contributed by atoms with van der Waals surface area (Å²) in [6.45, 7) is 9.37. The Morgan fingerprint density at radius 1 is 1.18 bits per heavy atom. The molecule has 2 atom stereocenters. The standard InChI is InChI=1S/C15H23NO/c1-5-12(3)16(6-2)13(4)15(17)14-10-8-7-9-11-14/h7-13H,5-6H2,1-4H3. The molecule has 2 heteroatoms. The first-order valence-electron chi connectivity index (χ1n) is 6.46. The van der Waals surface area contributed by atoms with Crippen molar-refractivity contribution in [1.82, 2.24) is 4.90 Å². The van der Waals surface area contributed by atoms with Crippen LogP contribution in [-0.2, 0) is 0 Å². The summed E-state index contributed by atoms with van der Waals surface area (Å²) in [5.74, 6) is 0.216. The number of rotatable bonds is 6. The van der Waals surface area contributed by atoms with Gasteiger partial charge in [-0.3, -0.25) is 9.69 Å². The van der Waals surface area contributed by atoms with Crippen molar-refractivity contribution in [2.75, 3.05) is 6.54 Å². The van der Waals surface area contributed by atoms with Crippen LogP contribution in [0.25, 0.3) is 0 Å². The van der Waals surface area contributed by atoms with E-state index in [0.717, 1.165) is 18.5 Å². The lowest BCUT2D eigenvalue weighted by molar-refractivity contribution is 0.0782. The number of ketones is 1. The van der Waals surface area contributed by atoms with Crippen LogP contribution in [0.1, 0.15) is 44.5 Å². The average molecular weight is 233 g/mol. The van der Waals surface area contributed by atoms with Crippen molar-refractivity contribution in [3.05, 3.63) is 35.9 Å². The summed E-state index contributed by atoms with van der Waals surface area (Å²) >= 11 is 0. The second kappa shape index (κ2) is 6.55. The highest BCUT2D eigenvalue weighted by atomic mass is 16.1. The maximum absolute atomic E-state index is 12.3. The Morgan fingerprint density at radius 2 is 1.76 bits per heavy atom. The minimum absolute atomic E-state index is 0.0441. The molecule has 0 aliphatic rings. The van der Waals surface area contributed by atoms with E-state index in [9.17, 15) is 4.79 Å². The van der Waals surface area contributed by atoms with Crippen LogP contribution in [0, 0.1) is 0 Å². The van der Waals surface area contributed by atoms with E-state index >= 15 is 0 Å². The lowest BCUT2D eigenvalue weighted by Crippen LogP contribution is -2.44. The number of nitrogens with zero attached hydrogens (tertiary/aromatic N) is 1. The highest BCUT2D eigenvalue weighted by molar-refractivity contribution is 5.99. The molecule has 0 amide bonds. The van der Waals surface area contributed by atoms with Crippen molar-refractivity contribution in [1.29, 1.82) is 0 Å². The molecule has 1 aromatic rings. The molecule has 0 radical (unpaired) electrons. The second-order valence-corrected chi connectivity index (χ2v) is 4.49. The molecule has 0 saturated heterocycles. The summed E-state index contributed by atoms with van der Waals surface area (Å²) in [4.78, 5) is 14.6. The van der Waals surface area contributed by atoms with Crippen LogP contribution >= 0.6 is 0 Å². The molecule has 94 valence electrons. The number of benzene rings is 1. The predicted octanol–water partition coefficient (Wildman–Crippen LogP) is 3.38. The van der Waals surface area contributed by atoms with E-state index in [1.165, 1.54) is 0 Å². The molecule has 2 nitrogen and oxygen atoms in total. The highest BCUT2D eigenvalue weighted by Gasteiger charge is 2.24. The van der Waals surface area contributed by atoms with Gasteiger partial charge in [0.25, 0.3) is 0 Å². The van der Waals surface area contributed by atoms with Crippen molar-refractivity contribution in [2.45, 2.75) is 46.2 Å². The number of Topliss-reactive ketones (excluding diaryl/α,β-unsaturated/α-hetero) is 1. The fourth-order valence-electron chi connectivity index (χ4n) is 2.20. The van der Waals surface area contributed by atoms with Gasteiger partial charge < -0.3 is 0 Å². The second-order valence-electron chi connectivity index (χ2n) is 4.49. The van der Waals surface area contributed by atoms with Gasteiger partial charge in [-0.15, -0.1) is 0 Å². The average Bonchev–Trinajstić information content (AvgIpc) is 2.39. The Kier molecular flexibility index (Phi) is 5.36. The van der Waals surface area contributed by atoms with Crippen LogP contribution < -0.4 is 0 Å². The fourth-order valence-corrected chi connectivity index (χ4v) is 2.20. The van der Waals surface area contributed by atoms with Gasteiger partial charge in [-0.05, 0) is 26.8 Å². The summed E-state index contributed by atoms with van der Waals surface area (Å²) in [5.41, 5.74) is 0.807. The van der Waals surface area contributed by atoms with Gasteiger partial charge in [0.15, 0.2) is 5.78 Å². The zero-order valence-corrected chi connectivity index (χ0v) is 11.3. The van der Waals surface area contributed by atoms with Crippen molar-refractivity contribution in [3.8, 4) is 0 Å². The Morgan fingerprint density at radius 3 is 2.24 bits per heavy atom. The first-order valence-corrected chi connectivity index (χ1v) is 6.46. The Balaban J connectivity index is 2.81. The molecule has 0 fully saturated rings. The minimum Gasteiger partial charge on any atom is -0.292 e. The number of carbonyl (C=O) groups is 1. The molecule has 0 aromatic heterocycles. The molecule has 0 N–H and O–H groups in total. The third-order valence-electron chi connectivity index (χ3n) is 3.46. The maximum Gasteiger partial charge on any atom is 0.179 e. The molecule has 0 spiro atoms. The zero-order valence-electron chi connectivity index (χ0n) is 11.3. The van der Waals surface area contributed by atoms with E-state index in [4.69, 9.17) is 0 Å². The summed E-state index contributed by atoms with van der Waals surface area (Å²) < 4.78 is 0. The lowest BCUT2D eigenvalue weighted by Gasteiger charge is -2.32.